The highest BCUT2D eigenvalue weighted by Crippen LogP contribution is 2.28. The van der Waals surface area contributed by atoms with E-state index < -0.39 is 11.8 Å². The lowest BCUT2D eigenvalue weighted by Crippen LogP contribution is -2.36. The average Bonchev–Trinajstić information content (AvgIpc) is 3.15. The molecule has 0 saturated carbocycles. The van der Waals surface area contributed by atoms with Crippen molar-refractivity contribution in [1.82, 2.24) is 10.5 Å². The predicted octanol–water partition coefficient (Wildman–Crippen LogP) is 2.13. The van der Waals surface area contributed by atoms with E-state index in [0.717, 1.165) is 25.9 Å². The third-order valence-electron chi connectivity index (χ3n) is 4.44. The van der Waals surface area contributed by atoms with Crippen LogP contribution >= 0.6 is 0 Å². The second-order valence-electron chi connectivity index (χ2n) is 6.40. The van der Waals surface area contributed by atoms with Gasteiger partial charge in [0.25, 0.3) is 0 Å². The maximum atomic E-state index is 11.8. The van der Waals surface area contributed by atoms with Gasteiger partial charge in [0, 0.05) is 31.4 Å². The summed E-state index contributed by atoms with van der Waals surface area (Å²) in [6.07, 6.45) is 5.42. The molecule has 7 nitrogen and oxygen atoms in total. The van der Waals surface area contributed by atoms with E-state index in [4.69, 9.17) is 0 Å². The van der Waals surface area contributed by atoms with Crippen LogP contribution in [0.15, 0.2) is 35.1 Å². The molecule has 3 rings (SSSR count). The molecule has 2 amide bonds. The first-order valence-corrected chi connectivity index (χ1v) is 9.03. The van der Waals surface area contributed by atoms with Crippen molar-refractivity contribution in [2.24, 2.45) is 0 Å². The number of carbonyl (C=O) groups excluding carboxylic acids is 2. The van der Waals surface area contributed by atoms with Gasteiger partial charge in [-0.1, -0.05) is 24.2 Å². The SMILES string of the molecule is CCCN1CCCc2cc(CCNC(=O)C(=O)Nc3ccon3)ccc21. The molecule has 1 aromatic heterocycles. The maximum Gasteiger partial charge on any atom is 0.314 e. The summed E-state index contributed by atoms with van der Waals surface area (Å²) in [5.41, 5.74) is 3.87. The third-order valence-corrected chi connectivity index (χ3v) is 4.44. The topological polar surface area (TPSA) is 87.5 Å². The molecule has 2 heterocycles. The molecule has 7 heteroatoms. The zero-order valence-corrected chi connectivity index (χ0v) is 15.0. The number of benzene rings is 1. The van der Waals surface area contributed by atoms with Crippen LogP contribution in [0.2, 0.25) is 0 Å². The standard InChI is InChI=1S/C19H24N4O3/c1-2-10-23-11-3-4-15-13-14(5-6-16(15)23)7-9-20-18(24)19(25)21-17-8-12-26-22-17/h5-6,8,12-13H,2-4,7,9-11H2,1H3,(H,20,24)(H,21,22,25). The molecule has 2 aromatic rings. The minimum atomic E-state index is -0.750. The van der Waals surface area contributed by atoms with Crippen LogP contribution in [0.1, 0.15) is 30.9 Å². The first-order valence-electron chi connectivity index (χ1n) is 9.03. The molecule has 0 atom stereocenters. The Kier molecular flexibility index (Phi) is 5.88. The van der Waals surface area contributed by atoms with Gasteiger partial charge in [-0.05, 0) is 42.9 Å². The molecule has 0 fully saturated rings. The highest BCUT2D eigenvalue weighted by atomic mass is 16.5. The van der Waals surface area contributed by atoms with E-state index in [1.807, 2.05) is 0 Å². The van der Waals surface area contributed by atoms with Gasteiger partial charge in [0.05, 0.1) is 0 Å². The summed E-state index contributed by atoms with van der Waals surface area (Å²) in [7, 11) is 0. The number of hydrogen-bond donors (Lipinski definition) is 2. The van der Waals surface area contributed by atoms with E-state index in [1.165, 1.54) is 35.6 Å². The van der Waals surface area contributed by atoms with Crippen molar-refractivity contribution in [3.05, 3.63) is 41.7 Å². The lowest BCUT2D eigenvalue weighted by atomic mass is 9.98. The zero-order valence-electron chi connectivity index (χ0n) is 15.0. The molecule has 0 bridgehead atoms. The summed E-state index contributed by atoms with van der Waals surface area (Å²) in [5.74, 6) is -1.21. The van der Waals surface area contributed by atoms with Crippen molar-refractivity contribution in [3.63, 3.8) is 0 Å². The number of rotatable bonds is 6. The van der Waals surface area contributed by atoms with E-state index in [0.29, 0.717) is 13.0 Å². The Morgan fingerprint density at radius 2 is 2.15 bits per heavy atom. The summed E-state index contributed by atoms with van der Waals surface area (Å²) < 4.78 is 4.60. The Morgan fingerprint density at radius 1 is 1.27 bits per heavy atom. The largest absolute Gasteiger partial charge is 0.371 e. The molecule has 0 unspecified atom stereocenters. The summed E-state index contributed by atoms with van der Waals surface area (Å²) in [6, 6.07) is 7.98. The van der Waals surface area contributed by atoms with E-state index in [9.17, 15) is 9.59 Å². The average molecular weight is 356 g/mol. The number of fused-ring (bicyclic) bond motifs is 1. The lowest BCUT2D eigenvalue weighted by Gasteiger charge is -2.31. The van der Waals surface area contributed by atoms with Gasteiger partial charge < -0.3 is 14.7 Å². The first kappa shape index (κ1) is 18.0. The molecule has 26 heavy (non-hydrogen) atoms. The fraction of sp³-hybridized carbons (Fsp3) is 0.421. The number of amides is 2. The lowest BCUT2D eigenvalue weighted by molar-refractivity contribution is -0.136. The van der Waals surface area contributed by atoms with Gasteiger partial charge in [-0.15, -0.1) is 0 Å². The van der Waals surface area contributed by atoms with Gasteiger partial charge in [-0.3, -0.25) is 14.9 Å². The van der Waals surface area contributed by atoms with Gasteiger partial charge >= 0.3 is 11.8 Å². The first-order chi connectivity index (χ1) is 12.7. The van der Waals surface area contributed by atoms with E-state index in [2.05, 4.69) is 50.3 Å². The minimum absolute atomic E-state index is 0.219. The van der Waals surface area contributed by atoms with Crippen molar-refractivity contribution >= 4 is 23.3 Å². The molecule has 1 aliphatic rings. The number of aryl methyl sites for hydroxylation is 1. The Bertz CT molecular complexity index is 758. The predicted molar refractivity (Wildman–Crippen MR) is 99.1 cm³/mol. The normalized spacial score (nSPS) is 13.2. The van der Waals surface area contributed by atoms with Crippen LogP contribution in [-0.4, -0.2) is 36.6 Å². The molecule has 2 N–H and O–H groups in total. The van der Waals surface area contributed by atoms with Crippen LogP contribution in [0, 0.1) is 0 Å². The summed E-state index contributed by atoms with van der Waals surface area (Å²) in [5, 5.41) is 8.54. The second kappa shape index (κ2) is 8.51. The van der Waals surface area contributed by atoms with Gasteiger partial charge in [-0.25, -0.2) is 0 Å². The molecule has 0 spiro atoms. The number of carbonyl (C=O) groups is 2. The Labute approximate surface area is 152 Å². The van der Waals surface area contributed by atoms with Gasteiger partial charge in [0.1, 0.15) is 6.26 Å². The maximum absolute atomic E-state index is 11.8. The molecular formula is C19H24N4O3. The highest BCUT2D eigenvalue weighted by molar-refractivity contribution is 6.39. The molecule has 1 aliphatic heterocycles. The van der Waals surface area contributed by atoms with Crippen molar-refractivity contribution < 1.29 is 14.1 Å². The van der Waals surface area contributed by atoms with Crippen LogP contribution in [0.3, 0.4) is 0 Å². The number of hydrogen-bond acceptors (Lipinski definition) is 5. The molecule has 138 valence electrons. The Morgan fingerprint density at radius 3 is 2.92 bits per heavy atom. The van der Waals surface area contributed by atoms with Crippen LogP contribution < -0.4 is 15.5 Å². The second-order valence-corrected chi connectivity index (χ2v) is 6.40. The van der Waals surface area contributed by atoms with Gasteiger partial charge in [0.2, 0.25) is 0 Å². The van der Waals surface area contributed by atoms with Crippen LogP contribution in [0.25, 0.3) is 0 Å². The van der Waals surface area contributed by atoms with Crippen LogP contribution in [0.4, 0.5) is 11.5 Å². The monoisotopic (exact) mass is 356 g/mol. The smallest absolute Gasteiger partial charge is 0.314 e. The fourth-order valence-corrected chi connectivity index (χ4v) is 3.24. The van der Waals surface area contributed by atoms with Crippen molar-refractivity contribution in [3.8, 4) is 0 Å². The molecule has 1 aromatic carbocycles. The highest BCUT2D eigenvalue weighted by Gasteiger charge is 2.17. The zero-order chi connectivity index (χ0) is 18.4. The van der Waals surface area contributed by atoms with Crippen molar-refractivity contribution in [2.75, 3.05) is 29.9 Å². The Hall–Kier alpha value is -2.83. The number of nitrogens with one attached hydrogen (secondary N) is 2. The van der Waals surface area contributed by atoms with Crippen LogP contribution in [0.5, 0.6) is 0 Å². The summed E-state index contributed by atoms with van der Waals surface area (Å²) >= 11 is 0. The summed E-state index contributed by atoms with van der Waals surface area (Å²) in [4.78, 5) is 26.0. The minimum Gasteiger partial charge on any atom is -0.371 e. The third kappa shape index (κ3) is 4.41. The van der Waals surface area contributed by atoms with Crippen molar-refractivity contribution in [1.29, 1.82) is 0 Å². The molecule has 0 radical (unpaired) electrons. The van der Waals surface area contributed by atoms with E-state index in [-0.39, 0.29) is 5.82 Å². The van der Waals surface area contributed by atoms with E-state index in [1.54, 1.807) is 0 Å². The Balaban J connectivity index is 1.50. The van der Waals surface area contributed by atoms with Crippen molar-refractivity contribution in [2.45, 2.75) is 32.6 Å². The van der Waals surface area contributed by atoms with Gasteiger partial charge in [-0.2, -0.15) is 0 Å². The quantitative estimate of drug-likeness (QED) is 0.774. The van der Waals surface area contributed by atoms with E-state index >= 15 is 0 Å². The molecule has 0 aliphatic carbocycles. The number of anilines is 2. The summed E-state index contributed by atoms with van der Waals surface area (Å²) in [6.45, 7) is 4.81. The van der Waals surface area contributed by atoms with Crippen LogP contribution in [-0.2, 0) is 22.4 Å². The molecular weight excluding hydrogens is 332 g/mol. The number of aromatic nitrogens is 1. The molecule has 0 saturated heterocycles. The number of nitrogens with zero attached hydrogens (tertiary/aromatic N) is 2. The van der Waals surface area contributed by atoms with Gasteiger partial charge in [0.15, 0.2) is 5.82 Å². The fourth-order valence-electron chi connectivity index (χ4n) is 3.24.